The average Bonchev–Trinajstić information content (AvgIpc) is 2.02. The molecule has 0 saturated carbocycles. The molecule has 1 atom stereocenters. The summed E-state index contributed by atoms with van der Waals surface area (Å²) in [6.07, 6.45) is 0. The van der Waals surface area contributed by atoms with Gasteiger partial charge in [0, 0.05) is 0 Å². The van der Waals surface area contributed by atoms with Crippen molar-refractivity contribution in [2.45, 2.75) is 11.8 Å². The van der Waals surface area contributed by atoms with Crippen LogP contribution in [0.3, 0.4) is 0 Å². The van der Waals surface area contributed by atoms with Gasteiger partial charge in [-0.25, -0.2) is 0 Å². The molecule has 0 unspecified atom stereocenters. The van der Waals surface area contributed by atoms with Gasteiger partial charge >= 0.3 is 5.97 Å². The van der Waals surface area contributed by atoms with Crippen molar-refractivity contribution >= 4 is 43.6 Å². The summed E-state index contributed by atoms with van der Waals surface area (Å²) in [4.78, 5) is 20.8. The fourth-order valence-corrected chi connectivity index (χ4v) is 1.47. The number of carbonyl (C=O) groups is 2. The van der Waals surface area contributed by atoms with Gasteiger partial charge in [0.1, 0.15) is 0 Å². The number of hydrogen-bond donors (Lipinski definition) is 0. The van der Waals surface area contributed by atoms with Crippen LogP contribution in [0.1, 0.15) is 6.92 Å². The molecular weight excluding hydrogens is 280 g/mol. The molecule has 0 bridgehead atoms. The minimum Gasteiger partial charge on any atom is -0.465 e. The van der Waals surface area contributed by atoms with Gasteiger partial charge in [-0.2, -0.15) is 0 Å². The zero-order valence-corrected chi connectivity index (χ0v) is 9.14. The number of ketones is 1. The van der Waals surface area contributed by atoms with Crippen molar-refractivity contribution in [3.8, 4) is 0 Å². The quantitative estimate of drug-likeness (QED) is 0.444. The lowest BCUT2D eigenvalue weighted by Crippen LogP contribution is -2.27. The lowest BCUT2D eigenvalue weighted by atomic mass is 10.3. The number of Topliss-reactive ketones (excluding diaryl/α,β-unsaturated/α-hetero) is 1. The lowest BCUT2D eigenvalue weighted by Gasteiger charge is -2.04. The number of rotatable bonds is 4. The maximum Gasteiger partial charge on any atom is 0.327 e. The molecule has 0 aliphatic carbocycles. The van der Waals surface area contributed by atoms with Crippen LogP contribution in [0, 0.1) is 0 Å². The van der Waals surface area contributed by atoms with Crippen LogP contribution in [-0.2, 0) is 14.3 Å². The predicted octanol–water partition coefficient (Wildman–Crippen LogP) is 1.28. The van der Waals surface area contributed by atoms with Crippen molar-refractivity contribution in [1.29, 1.82) is 0 Å². The Hall–Kier alpha value is 0.1000. The highest BCUT2D eigenvalue weighted by Gasteiger charge is 2.22. The Bertz CT molecular complexity index is 158. The summed E-state index contributed by atoms with van der Waals surface area (Å²) in [5.41, 5.74) is 0. The third kappa shape index (κ3) is 3.86. The second-order valence-electron chi connectivity index (χ2n) is 1.71. The Morgan fingerprint density at radius 3 is 2.45 bits per heavy atom. The van der Waals surface area contributed by atoms with Gasteiger partial charge < -0.3 is 4.74 Å². The lowest BCUT2D eigenvalue weighted by molar-refractivity contribution is -0.144. The van der Waals surface area contributed by atoms with E-state index in [9.17, 15) is 9.59 Å². The second kappa shape index (κ2) is 5.71. The summed E-state index contributed by atoms with van der Waals surface area (Å²) >= 11 is 5.86. The zero-order valence-electron chi connectivity index (χ0n) is 5.97. The summed E-state index contributed by atoms with van der Waals surface area (Å²) < 4.78 is 4.60. The molecule has 0 aromatic heterocycles. The fourth-order valence-electron chi connectivity index (χ4n) is 0.415. The van der Waals surface area contributed by atoms with Crippen LogP contribution in [0.15, 0.2) is 0 Å². The topological polar surface area (TPSA) is 43.4 Å². The van der Waals surface area contributed by atoms with E-state index in [-0.39, 0.29) is 17.7 Å². The standard InChI is InChI=1S/C6H8Br2O3/c1-2-11-6(10)5(8)4(9)3-7/h5H,2-3H2,1H3/t5-/m0/s1. The van der Waals surface area contributed by atoms with Gasteiger partial charge in [0.2, 0.25) is 0 Å². The van der Waals surface area contributed by atoms with E-state index in [0.717, 1.165) is 0 Å². The van der Waals surface area contributed by atoms with Gasteiger partial charge in [0.25, 0.3) is 0 Å². The molecule has 0 radical (unpaired) electrons. The first-order valence-corrected chi connectivity index (χ1v) is 5.06. The summed E-state index contributed by atoms with van der Waals surface area (Å²) in [5.74, 6) is -0.764. The minimum atomic E-state index is -0.832. The van der Waals surface area contributed by atoms with Crippen LogP contribution in [0.4, 0.5) is 0 Å². The molecular formula is C6H8Br2O3. The van der Waals surface area contributed by atoms with Crippen molar-refractivity contribution in [3.05, 3.63) is 0 Å². The van der Waals surface area contributed by atoms with Gasteiger partial charge in [-0.15, -0.1) is 0 Å². The van der Waals surface area contributed by atoms with Gasteiger partial charge in [-0.05, 0) is 6.92 Å². The summed E-state index contributed by atoms with van der Waals surface area (Å²) in [6, 6.07) is 0. The zero-order chi connectivity index (χ0) is 8.85. The number of esters is 1. The first-order valence-electron chi connectivity index (χ1n) is 3.02. The first kappa shape index (κ1) is 11.1. The van der Waals surface area contributed by atoms with Gasteiger partial charge in [-0.3, -0.25) is 9.59 Å². The minimum absolute atomic E-state index is 0.154. The van der Waals surface area contributed by atoms with E-state index in [2.05, 4.69) is 36.6 Å². The van der Waals surface area contributed by atoms with Crippen molar-refractivity contribution in [1.82, 2.24) is 0 Å². The van der Waals surface area contributed by atoms with Gasteiger partial charge in [0.15, 0.2) is 10.6 Å². The van der Waals surface area contributed by atoms with E-state index in [1.807, 2.05) is 0 Å². The highest BCUT2D eigenvalue weighted by molar-refractivity contribution is 9.10. The molecule has 0 aliphatic heterocycles. The van der Waals surface area contributed by atoms with E-state index >= 15 is 0 Å². The predicted molar refractivity (Wildman–Crippen MR) is 48.1 cm³/mol. The molecule has 0 aromatic carbocycles. The molecule has 0 rings (SSSR count). The second-order valence-corrected chi connectivity index (χ2v) is 3.19. The molecule has 0 aliphatic rings. The first-order chi connectivity index (χ1) is 5.13. The van der Waals surface area contributed by atoms with E-state index in [4.69, 9.17) is 0 Å². The summed E-state index contributed by atoms with van der Waals surface area (Å²) in [7, 11) is 0. The molecule has 0 N–H and O–H groups in total. The summed E-state index contributed by atoms with van der Waals surface area (Å²) in [6.45, 7) is 1.98. The Morgan fingerprint density at radius 2 is 2.09 bits per heavy atom. The number of hydrogen-bond acceptors (Lipinski definition) is 3. The number of ether oxygens (including phenoxy) is 1. The van der Waals surface area contributed by atoms with Crippen LogP contribution in [0.2, 0.25) is 0 Å². The van der Waals surface area contributed by atoms with E-state index < -0.39 is 10.8 Å². The highest BCUT2D eigenvalue weighted by Crippen LogP contribution is 2.05. The van der Waals surface area contributed by atoms with Crippen molar-refractivity contribution in [2.75, 3.05) is 11.9 Å². The molecule has 0 spiro atoms. The van der Waals surface area contributed by atoms with E-state index in [1.54, 1.807) is 6.92 Å². The van der Waals surface area contributed by atoms with Crippen molar-refractivity contribution in [2.24, 2.45) is 0 Å². The fraction of sp³-hybridized carbons (Fsp3) is 0.667. The Kier molecular flexibility index (Phi) is 5.76. The molecule has 0 heterocycles. The van der Waals surface area contributed by atoms with Crippen LogP contribution in [-0.4, -0.2) is 28.5 Å². The molecule has 64 valence electrons. The Labute approximate surface area is 81.7 Å². The molecule has 11 heavy (non-hydrogen) atoms. The smallest absolute Gasteiger partial charge is 0.327 e. The monoisotopic (exact) mass is 286 g/mol. The van der Waals surface area contributed by atoms with Crippen LogP contribution < -0.4 is 0 Å². The average molecular weight is 288 g/mol. The molecule has 0 aromatic rings. The Balaban J connectivity index is 3.91. The Morgan fingerprint density at radius 1 is 1.55 bits per heavy atom. The summed E-state index contributed by atoms with van der Waals surface area (Å²) in [5, 5.41) is 0.154. The SMILES string of the molecule is CCOC(=O)[C@@H](Br)C(=O)CBr. The van der Waals surface area contributed by atoms with Crippen LogP contribution in [0.5, 0.6) is 0 Å². The number of alkyl halides is 2. The van der Waals surface area contributed by atoms with E-state index in [0.29, 0.717) is 0 Å². The molecule has 0 saturated heterocycles. The van der Waals surface area contributed by atoms with Gasteiger partial charge in [0.05, 0.1) is 11.9 Å². The van der Waals surface area contributed by atoms with Crippen LogP contribution in [0.25, 0.3) is 0 Å². The number of carbonyl (C=O) groups excluding carboxylic acids is 2. The third-order valence-corrected chi connectivity index (χ3v) is 2.35. The van der Waals surface area contributed by atoms with E-state index in [1.165, 1.54) is 0 Å². The molecule has 3 nitrogen and oxygen atoms in total. The molecule has 0 fully saturated rings. The normalized spacial score (nSPS) is 12.3. The van der Waals surface area contributed by atoms with Crippen molar-refractivity contribution in [3.63, 3.8) is 0 Å². The van der Waals surface area contributed by atoms with Crippen LogP contribution >= 0.6 is 31.9 Å². The maximum absolute atomic E-state index is 10.8. The van der Waals surface area contributed by atoms with Gasteiger partial charge in [-0.1, -0.05) is 31.9 Å². The largest absolute Gasteiger partial charge is 0.465 e. The maximum atomic E-state index is 10.8. The highest BCUT2D eigenvalue weighted by atomic mass is 79.9. The van der Waals surface area contributed by atoms with Crippen molar-refractivity contribution < 1.29 is 14.3 Å². The molecule has 0 amide bonds. The number of halogens is 2. The molecule has 5 heteroatoms. The third-order valence-electron chi connectivity index (χ3n) is 0.908.